The summed E-state index contributed by atoms with van der Waals surface area (Å²) in [6.07, 6.45) is -2.99. The van der Waals surface area contributed by atoms with Crippen LogP contribution in [0.5, 0.6) is 0 Å². The maximum atomic E-state index is 12.7. The van der Waals surface area contributed by atoms with Gasteiger partial charge in [-0.2, -0.15) is 13.2 Å². The third-order valence-corrected chi connectivity index (χ3v) is 3.07. The molecule has 1 aliphatic rings. The summed E-state index contributed by atoms with van der Waals surface area (Å²) < 4.78 is 43.6. The van der Waals surface area contributed by atoms with E-state index >= 15 is 0 Å². The van der Waals surface area contributed by atoms with Crippen LogP contribution in [0.3, 0.4) is 0 Å². The Labute approximate surface area is 114 Å². The molecule has 1 saturated heterocycles. The highest BCUT2D eigenvalue weighted by atomic mass is 19.4. The molecule has 2 rings (SSSR count). The molecule has 112 valence electrons. The van der Waals surface area contributed by atoms with Crippen LogP contribution in [0, 0.1) is 0 Å². The summed E-state index contributed by atoms with van der Waals surface area (Å²) in [6, 6.07) is 1.52. The van der Waals surface area contributed by atoms with Crippen molar-refractivity contribution in [2.24, 2.45) is 0 Å². The average Bonchev–Trinajstić information content (AvgIpc) is 2.37. The number of ether oxygens (including phenoxy) is 1. The van der Waals surface area contributed by atoms with Crippen LogP contribution >= 0.6 is 0 Å². The molecule has 8 heteroatoms. The third kappa shape index (κ3) is 3.72. The molecule has 2 N–H and O–H groups in total. The molecule has 1 aromatic heterocycles. The van der Waals surface area contributed by atoms with Crippen LogP contribution in [0.2, 0.25) is 0 Å². The lowest BCUT2D eigenvalue weighted by Gasteiger charge is -2.28. The Morgan fingerprint density at radius 3 is 2.60 bits per heavy atom. The van der Waals surface area contributed by atoms with E-state index in [1.165, 1.54) is 13.1 Å². The molecule has 0 saturated carbocycles. The number of hydrogen-bond donors (Lipinski definition) is 2. The first-order chi connectivity index (χ1) is 9.38. The van der Waals surface area contributed by atoms with E-state index in [2.05, 4.69) is 20.6 Å². The van der Waals surface area contributed by atoms with E-state index in [0.29, 0.717) is 6.61 Å². The fourth-order valence-corrected chi connectivity index (χ4v) is 2.11. The molecule has 5 nitrogen and oxygen atoms in total. The molecular formula is C12H17F3N4O. The molecule has 0 aromatic carbocycles. The van der Waals surface area contributed by atoms with Crippen LogP contribution in [0.25, 0.3) is 0 Å². The molecule has 2 atom stereocenters. The number of nitrogens with zero attached hydrogens (tertiary/aromatic N) is 2. The van der Waals surface area contributed by atoms with E-state index in [9.17, 15) is 13.2 Å². The quantitative estimate of drug-likeness (QED) is 0.895. The number of alkyl halides is 3. The van der Waals surface area contributed by atoms with Gasteiger partial charge in [-0.05, 0) is 19.8 Å². The number of anilines is 2. The normalized spacial score (nSPS) is 23.4. The Morgan fingerprint density at radius 2 is 2.00 bits per heavy atom. The van der Waals surface area contributed by atoms with Gasteiger partial charge in [-0.1, -0.05) is 0 Å². The first kappa shape index (κ1) is 14.8. The van der Waals surface area contributed by atoms with Crippen molar-refractivity contribution in [1.82, 2.24) is 9.97 Å². The lowest BCUT2D eigenvalue weighted by atomic mass is 10.0. The van der Waals surface area contributed by atoms with Crippen molar-refractivity contribution >= 4 is 11.6 Å². The predicted octanol–water partition coefficient (Wildman–Crippen LogP) is 2.52. The molecule has 0 aliphatic carbocycles. The van der Waals surface area contributed by atoms with Gasteiger partial charge in [-0.3, -0.25) is 0 Å². The molecule has 0 spiro atoms. The smallest absolute Gasteiger partial charge is 0.378 e. The highest BCUT2D eigenvalue weighted by Gasteiger charge is 2.35. The van der Waals surface area contributed by atoms with E-state index in [-0.39, 0.29) is 23.8 Å². The SMILES string of the molecule is CNc1cc(NC2CCOC(C)C2)nc(C(F)(F)F)n1. The Morgan fingerprint density at radius 1 is 1.30 bits per heavy atom. The highest BCUT2D eigenvalue weighted by molar-refractivity contribution is 5.48. The summed E-state index contributed by atoms with van der Waals surface area (Å²) in [5, 5.41) is 5.64. The van der Waals surface area contributed by atoms with E-state index in [1.807, 2.05) is 6.92 Å². The first-order valence-corrected chi connectivity index (χ1v) is 6.40. The largest absolute Gasteiger partial charge is 0.451 e. The Balaban J connectivity index is 2.18. The molecular weight excluding hydrogens is 273 g/mol. The standard InChI is InChI=1S/C12H17F3N4O/c1-7-5-8(3-4-20-7)17-10-6-9(16-2)18-11(19-10)12(13,14)15/h6-8H,3-5H2,1-2H3,(H2,16,17,18,19). The first-order valence-electron chi connectivity index (χ1n) is 6.40. The number of aromatic nitrogens is 2. The zero-order chi connectivity index (χ0) is 14.8. The maximum Gasteiger partial charge on any atom is 0.451 e. The molecule has 0 radical (unpaired) electrons. The van der Waals surface area contributed by atoms with Crippen LogP contribution in [0.4, 0.5) is 24.8 Å². The minimum absolute atomic E-state index is 0.0550. The van der Waals surface area contributed by atoms with Crippen molar-refractivity contribution in [3.8, 4) is 0 Å². The summed E-state index contributed by atoms with van der Waals surface area (Å²) in [4.78, 5) is 6.96. The Kier molecular flexibility index (Phi) is 4.32. The van der Waals surface area contributed by atoms with Crippen molar-refractivity contribution < 1.29 is 17.9 Å². The van der Waals surface area contributed by atoms with Crippen molar-refractivity contribution in [1.29, 1.82) is 0 Å². The monoisotopic (exact) mass is 290 g/mol. The molecule has 1 aliphatic heterocycles. The van der Waals surface area contributed by atoms with E-state index < -0.39 is 12.0 Å². The van der Waals surface area contributed by atoms with Gasteiger partial charge in [-0.25, -0.2) is 9.97 Å². The minimum Gasteiger partial charge on any atom is -0.378 e. The van der Waals surface area contributed by atoms with Crippen molar-refractivity contribution in [3.05, 3.63) is 11.9 Å². The van der Waals surface area contributed by atoms with Gasteiger partial charge < -0.3 is 15.4 Å². The van der Waals surface area contributed by atoms with Gasteiger partial charge in [0.2, 0.25) is 5.82 Å². The number of halogens is 3. The number of nitrogens with one attached hydrogen (secondary N) is 2. The van der Waals surface area contributed by atoms with Crippen LogP contribution in [0.15, 0.2) is 6.07 Å². The van der Waals surface area contributed by atoms with Crippen molar-refractivity contribution in [3.63, 3.8) is 0 Å². The lowest BCUT2D eigenvalue weighted by molar-refractivity contribution is -0.144. The zero-order valence-corrected chi connectivity index (χ0v) is 11.3. The molecule has 1 fully saturated rings. The fraction of sp³-hybridized carbons (Fsp3) is 0.667. The molecule has 20 heavy (non-hydrogen) atoms. The van der Waals surface area contributed by atoms with Crippen LogP contribution in [-0.2, 0) is 10.9 Å². The second-order valence-corrected chi connectivity index (χ2v) is 4.76. The minimum atomic E-state index is -4.56. The maximum absolute atomic E-state index is 12.7. The van der Waals surface area contributed by atoms with E-state index in [4.69, 9.17) is 4.74 Å². The molecule has 1 aromatic rings. The van der Waals surface area contributed by atoms with Gasteiger partial charge in [0, 0.05) is 25.8 Å². The molecule has 2 unspecified atom stereocenters. The second-order valence-electron chi connectivity index (χ2n) is 4.76. The molecule has 2 heterocycles. The summed E-state index contributed by atoms with van der Waals surface area (Å²) >= 11 is 0. The highest BCUT2D eigenvalue weighted by Crippen LogP contribution is 2.29. The summed E-state index contributed by atoms with van der Waals surface area (Å²) in [5.74, 6) is -0.835. The lowest BCUT2D eigenvalue weighted by Crippen LogP contribution is -2.33. The summed E-state index contributed by atoms with van der Waals surface area (Å²) in [7, 11) is 1.52. The van der Waals surface area contributed by atoms with Crippen molar-refractivity contribution in [2.45, 2.75) is 38.1 Å². The fourth-order valence-electron chi connectivity index (χ4n) is 2.11. The second kappa shape index (κ2) is 5.82. The van der Waals surface area contributed by atoms with E-state index in [0.717, 1.165) is 12.8 Å². The zero-order valence-electron chi connectivity index (χ0n) is 11.3. The number of rotatable bonds is 3. The Hall–Kier alpha value is -1.57. The van der Waals surface area contributed by atoms with Gasteiger partial charge in [-0.15, -0.1) is 0 Å². The van der Waals surface area contributed by atoms with Gasteiger partial charge in [0.15, 0.2) is 0 Å². The predicted molar refractivity (Wildman–Crippen MR) is 68.6 cm³/mol. The van der Waals surface area contributed by atoms with Gasteiger partial charge in [0.25, 0.3) is 0 Å². The van der Waals surface area contributed by atoms with Gasteiger partial charge >= 0.3 is 6.18 Å². The summed E-state index contributed by atoms with van der Waals surface area (Å²) in [6.45, 7) is 2.53. The van der Waals surface area contributed by atoms with Crippen LogP contribution in [0.1, 0.15) is 25.6 Å². The number of hydrogen-bond acceptors (Lipinski definition) is 5. The third-order valence-electron chi connectivity index (χ3n) is 3.07. The molecule has 0 bridgehead atoms. The van der Waals surface area contributed by atoms with Crippen LogP contribution < -0.4 is 10.6 Å². The average molecular weight is 290 g/mol. The van der Waals surface area contributed by atoms with Gasteiger partial charge in [0.1, 0.15) is 11.6 Å². The topological polar surface area (TPSA) is 59.1 Å². The van der Waals surface area contributed by atoms with Gasteiger partial charge in [0.05, 0.1) is 6.10 Å². The van der Waals surface area contributed by atoms with E-state index in [1.54, 1.807) is 0 Å². The summed E-state index contributed by atoms with van der Waals surface area (Å²) in [5.41, 5.74) is 0. The van der Waals surface area contributed by atoms with Crippen molar-refractivity contribution in [2.75, 3.05) is 24.3 Å². The molecule has 0 amide bonds. The van der Waals surface area contributed by atoms with Crippen LogP contribution in [-0.4, -0.2) is 35.8 Å². The Bertz CT molecular complexity index is 467.